The summed E-state index contributed by atoms with van der Waals surface area (Å²) >= 11 is 1.28. The number of hydrogen-bond acceptors (Lipinski definition) is 8. The SMILES string of the molecule is C.COc1ccc(C2C(C(=O)c3cccs3)=C(O)C(=O)N2CCN2CCOCC2)cc1OC. The Kier molecular flexibility index (Phi) is 8.12. The highest BCUT2D eigenvalue weighted by Crippen LogP contribution is 2.41. The van der Waals surface area contributed by atoms with Gasteiger partial charge in [-0.2, -0.15) is 0 Å². The minimum absolute atomic E-state index is 0. The molecule has 1 fully saturated rings. The summed E-state index contributed by atoms with van der Waals surface area (Å²) < 4.78 is 16.2. The van der Waals surface area contributed by atoms with Crippen LogP contribution in [0, 0.1) is 0 Å². The van der Waals surface area contributed by atoms with Gasteiger partial charge in [-0.05, 0) is 29.1 Å². The number of nitrogens with zero attached hydrogens (tertiary/aromatic N) is 2. The molecule has 33 heavy (non-hydrogen) atoms. The number of aliphatic hydroxyl groups is 1. The van der Waals surface area contributed by atoms with Crippen LogP contribution in [0.25, 0.3) is 0 Å². The smallest absolute Gasteiger partial charge is 0.290 e. The Bertz CT molecular complexity index is 1010. The number of carbonyl (C=O) groups excluding carboxylic acids is 2. The van der Waals surface area contributed by atoms with Crippen molar-refractivity contribution in [3.63, 3.8) is 0 Å². The average Bonchev–Trinajstić information content (AvgIpc) is 3.45. The van der Waals surface area contributed by atoms with Gasteiger partial charge in [0.25, 0.3) is 5.91 Å². The summed E-state index contributed by atoms with van der Waals surface area (Å²) in [4.78, 5) is 30.6. The van der Waals surface area contributed by atoms with E-state index in [1.165, 1.54) is 18.4 Å². The molecule has 0 aliphatic carbocycles. The number of rotatable bonds is 8. The Morgan fingerprint density at radius 3 is 2.52 bits per heavy atom. The summed E-state index contributed by atoms with van der Waals surface area (Å²) in [6.45, 7) is 3.85. The van der Waals surface area contributed by atoms with Crippen molar-refractivity contribution in [1.82, 2.24) is 9.80 Å². The number of methoxy groups -OCH3 is 2. The summed E-state index contributed by atoms with van der Waals surface area (Å²) in [6, 6.07) is 8.02. The van der Waals surface area contributed by atoms with Crippen molar-refractivity contribution in [2.45, 2.75) is 13.5 Å². The van der Waals surface area contributed by atoms with Crippen LogP contribution in [0.4, 0.5) is 0 Å². The molecule has 2 aromatic rings. The Hall–Kier alpha value is -2.88. The van der Waals surface area contributed by atoms with Crippen LogP contribution in [0.15, 0.2) is 47.0 Å². The molecular formula is C24H30N2O6S. The van der Waals surface area contributed by atoms with Gasteiger partial charge >= 0.3 is 0 Å². The molecule has 2 aliphatic heterocycles. The molecule has 0 spiro atoms. The lowest BCUT2D eigenvalue weighted by Crippen LogP contribution is -2.43. The zero-order valence-corrected chi connectivity index (χ0v) is 18.9. The second-order valence-corrected chi connectivity index (χ2v) is 8.49. The molecular weight excluding hydrogens is 444 g/mol. The fourth-order valence-corrected chi connectivity index (χ4v) is 4.78. The molecule has 178 valence electrons. The maximum absolute atomic E-state index is 13.3. The molecule has 1 aromatic heterocycles. The fourth-order valence-electron chi connectivity index (χ4n) is 4.10. The monoisotopic (exact) mass is 474 g/mol. The first-order chi connectivity index (χ1) is 15.5. The molecule has 1 N–H and O–H groups in total. The van der Waals surface area contributed by atoms with Gasteiger partial charge in [0.15, 0.2) is 17.3 Å². The van der Waals surface area contributed by atoms with Gasteiger partial charge < -0.3 is 24.2 Å². The lowest BCUT2D eigenvalue weighted by atomic mass is 9.95. The minimum Gasteiger partial charge on any atom is -0.503 e. The van der Waals surface area contributed by atoms with Crippen LogP contribution in [0.2, 0.25) is 0 Å². The molecule has 1 unspecified atom stereocenters. The molecule has 4 rings (SSSR count). The van der Waals surface area contributed by atoms with Crippen molar-refractivity contribution in [2.75, 3.05) is 53.6 Å². The quantitative estimate of drug-likeness (QED) is 0.587. The molecule has 1 amide bonds. The van der Waals surface area contributed by atoms with Gasteiger partial charge in [0, 0.05) is 26.2 Å². The largest absolute Gasteiger partial charge is 0.503 e. The molecule has 1 saturated heterocycles. The first-order valence-corrected chi connectivity index (χ1v) is 11.3. The van der Waals surface area contributed by atoms with E-state index in [1.54, 1.807) is 47.7 Å². The third-order valence-corrected chi connectivity index (χ3v) is 6.65. The predicted octanol–water partition coefficient (Wildman–Crippen LogP) is 3.31. The van der Waals surface area contributed by atoms with Crippen molar-refractivity contribution < 1.29 is 28.9 Å². The molecule has 0 radical (unpaired) electrons. The van der Waals surface area contributed by atoms with Crippen molar-refractivity contribution in [2.24, 2.45) is 0 Å². The standard InChI is InChI=1S/C23H26N2O6S.CH4/c1-29-16-6-5-15(14-17(16)30-2)20-19(21(26)18-4-3-13-32-18)22(27)23(28)25(20)8-7-24-9-11-31-12-10-24;/h3-6,13-14,20,27H,7-12H2,1-2H3;1H4. The maximum atomic E-state index is 13.3. The van der Waals surface area contributed by atoms with E-state index in [4.69, 9.17) is 14.2 Å². The zero-order valence-electron chi connectivity index (χ0n) is 18.1. The third kappa shape index (κ3) is 4.90. The number of hydrogen-bond donors (Lipinski definition) is 1. The van der Waals surface area contributed by atoms with E-state index in [1.807, 2.05) is 0 Å². The number of carbonyl (C=O) groups is 2. The van der Waals surface area contributed by atoms with Crippen LogP contribution in [-0.4, -0.2) is 80.2 Å². The lowest BCUT2D eigenvalue weighted by Gasteiger charge is -2.31. The molecule has 9 heteroatoms. The highest BCUT2D eigenvalue weighted by atomic mass is 32.1. The van der Waals surface area contributed by atoms with Crippen LogP contribution < -0.4 is 9.47 Å². The second kappa shape index (κ2) is 10.8. The molecule has 0 bridgehead atoms. The Labute approximate surface area is 198 Å². The molecule has 3 heterocycles. The molecule has 0 saturated carbocycles. The topological polar surface area (TPSA) is 88.5 Å². The number of benzene rings is 1. The third-order valence-electron chi connectivity index (χ3n) is 5.78. The first kappa shape index (κ1) is 24.8. The van der Waals surface area contributed by atoms with Crippen molar-refractivity contribution in [3.8, 4) is 11.5 Å². The van der Waals surface area contributed by atoms with Crippen molar-refractivity contribution in [3.05, 3.63) is 57.5 Å². The summed E-state index contributed by atoms with van der Waals surface area (Å²) in [7, 11) is 3.07. The number of aliphatic hydroxyl groups excluding tert-OH is 1. The van der Waals surface area contributed by atoms with Gasteiger partial charge in [-0.3, -0.25) is 14.5 Å². The lowest BCUT2D eigenvalue weighted by molar-refractivity contribution is -0.129. The van der Waals surface area contributed by atoms with Gasteiger partial charge in [0.2, 0.25) is 5.78 Å². The summed E-state index contributed by atoms with van der Waals surface area (Å²) in [5, 5.41) is 12.6. The normalized spacial score (nSPS) is 18.9. The molecule has 8 nitrogen and oxygen atoms in total. The van der Waals surface area contributed by atoms with E-state index in [9.17, 15) is 14.7 Å². The van der Waals surface area contributed by atoms with Gasteiger partial charge in [0.1, 0.15) is 0 Å². The van der Waals surface area contributed by atoms with Gasteiger partial charge in [-0.25, -0.2) is 0 Å². The van der Waals surface area contributed by atoms with E-state index in [0.717, 1.165) is 13.1 Å². The van der Waals surface area contributed by atoms with E-state index < -0.39 is 17.7 Å². The Morgan fingerprint density at radius 1 is 1.15 bits per heavy atom. The van der Waals surface area contributed by atoms with Crippen LogP contribution in [0.3, 0.4) is 0 Å². The van der Waals surface area contributed by atoms with E-state index >= 15 is 0 Å². The summed E-state index contributed by atoms with van der Waals surface area (Å²) in [5.74, 6) is -0.359. The second-order valence-electron chi connectivity index (χ2n) is 7.54. The number of thiophene rings is 1. The molecule has 1 aromatic carbocycles. The average molecular weight is 475 g/mol. The summed E-state index contributed by atoms with van der Waals surface area (Å²) in [5.41, 5.74) is 0.758. The van der Waals surface area contributed by atoms with E-state index in [0.29, 0.717) is 48.2 Å². The predicted molar refractivity (Wildman–Crippen MR) is 126 cm³/mol. The maximum Gasteiger partial charge on any atom is 0.290 e. The van der Waals surface area contributed by atoms with Crippen molar-refractivity contribution in [1.29, 1.82) is 0 Å². The number of ether oxygens (including phenoxy) is 3. The summed E-state index contributed by atoms with van der Waals surface area (Å²) in [6.07, 6.45) is 0. The van der Waals surface area contributed by atoms with Gasteiger partial charge in [0.05, 0.1) is 43.9 Å². The van der Waals surface area contributed by atoms with E-state index in [2.05, 4.69) is 4.90 Å². The highest BCUT2D eigenvalue weighted by Gasteiger charge is 2.44. The number of morpholine rings is 1. The number of Topliss-reactive ketones (excluding diaryl/α,β-unsaturated/α-hetero) is 1. The van der Waals surface area contributed by atoms with Crippen LogP contribution in [0.5, 0.6) is 11.5 Å². The Balaban J connectivity index is 0.00000306. The molecule has 1 atom stereocenters. The Morgan fingerprint density at radius 2 is 1.88 bits per heavy atom. The fraction of sp³-hybridized carbons (Fsp3) is 0.417. The van der Waals surface area contributed by atoms with Crippen LogP contribution >= 0.6 is 11.3 Å². The minimum atomic E-state index is -0.724. The first-order valence-electron chi connectivity index (χ1n) is 10.4. The van der Waals surface area contributed by atoms with Crippen LogP contribution in [-0.2, 0) is 9.53 Å². The highest BCUT2D eigenvalue weighted by molar-refractivity contribution is 7.12. The van der Waals surface area contributed by atoms with Crippen LogP contribution in [0.1, 0.15) is 28.7 Å². The zero-order chi connectivity index (χ0) is 22.7. The van der Waals surface area contributed by atoms with Gasteiger partial charge in [-0.15, -0.1) is 11.3 Å². The van der Waals surface area contributed by atoms with Crippen molar-refractivity contribution >= 4 is 23.0 Å². The number of amides is 1. The van der Waals surface area contributed by atoms with E-state index in [-0.39, 0.29) is 18.8 Å². The van der Waals surface area contributed by atoms with Gasteiger partial charge in [-0.1, -0.05) is 19.6 Å². The number of ketones is 1. The molecule has 2 aliphatic rings.